The van der Waals surface area contributed by atoms with Gasteiger partial charge < -0.3 is 20.3 Å². The number of hydrogen-bond acceptors (Lipinski definition) is 7. The number of nitrogens with one attached hydrogen (secondary N) is 1. The van der Waals surface area contributed by atoms with Gasteiger partial charge in [0.1, 0.15) is 35.4 Å². The average Bonchev–Trinajstić information content (AvgIpc) is 3.30. The van der Waals surface area contributed by atoms with Gasteiger partial charge in [-0.15, -0.1) is 0 Å². The Kier molecular flexibility index (Phi) is 11.0. The van der Waals surface area contributed by atoms with Gasteiger partial charge in [0.2, 0.25) is 5.91 Å². The maximum absolute atomic E-state index is 15.9. The minimum atomic E-state index is -1.88. The molecule has 5 atom stereocenters. The van der Waals surface area contributed by atoms with Crippen molar-refractivity contribution in [3.8, 4) is 11.8 Å². The molecule has 3 aromatic rings. The Bertz CT molecular complexity index is 1630. The predicted octanol–water partition coefficient (Wildman–Crippen LogP) is 5.60. The van der Waals surface area contributed by atoms with Crippen LogP contribution in [0, 0.1) is 28.4 Å². The summed E-state index contributed by atoms with van der Waals surface area (Å²) in [4.78, 5) is 25.0. The standard InChI is InChI=1S/C34H35Cl2F2N3O5/c1-33(2,15-19-7-10-22(45-3)11-8-19)16-27-34(18-39,24-12-9-20(35)13-26(24)37)29(23-5-4-6-25(36)30(23)38)31(41-27)32(44)46-17-21(42)14-28(40)43/h4-13,21,27,29,31,41-42H,14-17H2,1-3H3,(H2,40,43)/t21-,27-,29-,31+,34-/m0/s1. The third-order valence-electron chi connectivity index (χ3n) is 8.34. The van der Waals surface area contributed by atoms with Crippen LogP contribution in [0.3, 0.4) is 0 Å². The van der Waals surface area contributed by atoms with Crippen molar-refractivity contribution in [2.24, 2.45) is 11.1 Å². The second kappa shape index (κ2) is 14.3. The van der Waals surface area contributed by atoms with Gasteiger partial charge >= 0.3 is 5.97 Å². The zero-order valence-electron chi connectivity index (χ0n) is 25.5. The fourth-order valence-corrected chi connectivity index (χ4v) is 6.74. The van der Waals surface area contributed by atoms with E-state index in [9.17, 15) is 20.0 Å². The number of hydrogen-bond donors (Lipinski definition) is 3. The summed E-state index contributed by atoms with van der Waals surface area (Å²) in [6.07, 6.45) is -1.10. The third-order valence-corrected chi connectivity index (χ3v) is 8.87. The highest BCUT2D eigenvalue weighted by Crippen LogP contribution is 2.53. The van der Waals surface area contributed by atoms with Crippen LogP contribution in [0.2, 0.25) is 10.0 Å². The first kappa shape index (κ1) is 35.1. The predicted molar refractivity (Wildman–Crippen MR) is 169 cm³/mol. The fourth-order valence-electron chi connectivity index (χ4n) is 6.40. The molecule has 0 radical (unpaired) electrons. The Morgan fingerprint density at radius 3 is 2.46 bits per heavy atom. The Labute approximate surface area is 276 Å². The van der Waals surface area contributed by atoms with Crippen molar-refractivity contribution < 1.29 is 33.0 Å². The topological polar surface area (TPSA) is 135 Å². The van der Waals surface area contributed by atoms with Crippen LogP contribution in [0.5, 0.6) is 5.75 Å². The van der Waals surface area contributed by atoms with Crippen LogP contribution in [0.15, 0.2) is 60.7 Å². The molecule has 0 aliphatic carbocycles. The van der Waals surface area contributed by atoms with E-state index in [-0.39, 0.29) is 27.6 Å². The summed E-state index contributed by atoms with van der Waals surface area (Å²) < 4.78 is 42.5. The lowest BCUT2D eigenvalue weighted by molar-refractivity contribution is -0.150. The molecule has 0 unspecified atom stereocenters. The SMILES string of the molecule is COc1ccc(CC(C)(C)C[C@@H]2N[C@@H](C(=O)OC[C@@H](O)CC(N)=O)[C@H](c3cccc(Cl)c3F)[C@@]2(C#N)c2ccc(Cl)cc2F)cc1. The van der Waals surface area contributed by atoms with Gasteiger partial charge in [0.25, 0.3) is 0 Å². The van der Waals surface area contributed by atoms with E-state index in [1.807, 2.05) is 38.1 Å². The Morgan fingerprint density at radius 1 is 1.15 bits per heavy atom. The minimum Gasteiger partial charge on any atom is -0.497 e. The lowest BCUT2D eigenvalue weighted by Crippen LogP contribution is -2.45. The molecule has 3 aromatic carbocycles. The molecule has 46 heavy (non-hydrogen) atoms. The van der Waals surface area contributed by atoms with Crippen molar-refractivity contribution in [2.75, 3.05) is 13.7 Å². The summed E-state index contributed by atoms with van der Waals surface area (Å²) in [5.41, 5.74) is 3.49. The largest absolute Gasteiger partial charge is 0.497 e. The van der Waals surface area contributed by atoms with Gasteiger partial charge in [-0.2, -0.15) is 5.26 Å². The van der Waals surface area contributed by atoms with Crippen molar-refractivity contribution in [3.63, 3.8) is 0 Å². The van der Waals surface area contributed by atoms with Crippen LogP contribution in [-0.2, 0) is 26.2 Å². The maximum Gasteiger partial charge on any atom is 0.323 e. The lowest BCUT2D eigenvalue weighted by Gasteiger charge is -2.38. The molecule has 4 N–H and O–H groups in total. The van der Waals surface area contributed by atoms with E-state index in [0.717, 1.165) is 11.6 Å². The number of halogens is 4. The summed E-state index contributed by atoms with van der Waals surface area (Å²) >= 11 is 12.3. The van der Waals surface area contributed by atoms with E-state index in [1.165, 1.54) is 30.3 Å². The number of rotatable bonds is 12. The second-order valence-corrected chi connectivity index (χ2v) is 13.1. The number of aliphatic hydroxyl groups excluding tert-OH is 1. The third kappa shape index (κ3) is 7.45. The van der Waals surface area contributed by atoms with Crippen LogP contribution in [-0.4, -0.2) is 48.9 Å². The highest BCUT2D eigenvalue weighted by atomic mass is 35.5. The Balaban J connectivity index is 1.86. The number of nitrogens with zero attached hydrogens (tertiary/aromatic N) is 1. The molecule has 1 fully saturated rings. The highest BCUT2D eigenvalue weighted by molar-refractivity contribution is 6.31. The summed E-state index contributed by atoms with van der Waals surface area (Å²) in [6, 6.07) is 15.5. The number of methoxy groups -OCH3 is 1. The molecule has 1 saturated heterocycles. The van der Waals surface area contributed by atoms with Gasteiger partial charge in [-0.1, -0.05) is 67.4 Å². The van der Waals surface area contributed by atoms with E-state index in [2.05, 4.69) is 11.4 Å². The molecule has 8 nitrogen and oxygen atoms in total. The lowest BCUT2D eigenvalue weighted by atomic mass is 9.62. The van der Waals surface area contributed by atoms with Crippen molar-refractivity contribution in [3.05, 3.63) is 99.0 Å². The van der Waals surface area contributed by atoms with Gasteiger partial charge in [-0.25, -0.2) is 8.78 Å². The smallest absolute Gasteiger partial charge is 0.323 e. The van der Waals surface area contributed by atoms with Crippen LogP contribution in [0.25, 0.3) is 0 Å². The van der Waals surface area contributed by atoms with Crippen LogP contribution < -0.4 is 15.8 Å². The van der Waals surface area contributed by atoms with E-state index >= 15 is 8.78 Å². The number of nitriles is 1. The van der Waals surface area contributed by atoms with Crippen LogP contribution in [0.1, 0.15) is 49.3 Å². The molecular weight excluding hydrogens is 639 g/mol. The molecule has 1 aliphatic rings. The number of nitrogens with two attached hydrogens (primary N) is 1. The maximum atomic E-state index is 15.9. The number of aliphatic hydroxyl groups is 1. The first-order valence-electron chi connectivity index (χ1n) is 14.5. The normalized spacial score (nSPS) is 21.8. The number of amides is 1. The number of ether oxygens (including phenoxy) is 2. The molecule has 244 valence electrons. The molecule has 1 aliphatic heterocycles. The molecule has 1 amide bonds. The number of carbonyl (C=O) groups excluding carboxylic acids is 2. The molecular formula is C34H35Cl2F2N3O5. The first-order valence-corrected chi connectivity index (χ1v) is 15.3. The Hall–Kier alpha value is -3.75. The first-order chi connectivity index (χ1) is 21.7. The summed E-state index contributed by atoms with van der Waals surface area (Å²) in [5, 5.41) is 24.2. The fraction of sp³-hybridized carbons (Fsp3) is 0.382. The summed E-state index contributed by atoms with van der Waals surface area (Å²) in [5.74, 6) is -4.11. The van der Waals surface area contributed by atoms with Crippen molar-refractivity contribution in [1.29, 1.82) is 5.26 Å². The van der Waals surface area contributed by atoms with Crippen molar-refractivity contribution in [2.45, 2.75) is 62.6 Å². The van der Waals surface area contributed by atoms with Crippen molar-refractivity contribution >= 4 is 35.1 Å². The molecule has 0 saturated carbocycles. The monoisotopic (exact) mass is 673 g/mol. The molecule has 4 rings (SSSR count). The zero-order chi connectivity index (χ0) is 33.8. The van der Waals surface area contributed by atoms with Gasteiger partial charge in [-0.3, -0.25) is 14.9 Å². The molecule has 0 bridgehead atoms. The zero-order valence-corrected chi connectivity index (χ0v) is 27.0. The second-order valence-electron chi connectivity index (χ2n) is 12.3. The molecule has 0 spiro atoms. The minimum absolute atomic E-state index is 0.0848. The summed E-state index contributed by atoms with van der Waals surface area (Å²) in [7, 11) is 1.57. The molecule has 1 heterocycles. The van der Waals surface area contributed by atoms with Crippen molar-refractivity contribution in [1.82, 2.24) is 5.32 Å². The van der Waals surface area contributed by atoms with E-state index in [1.54, 1.807) is 7.11 Å². The van der Waals surface area contributed by atoms with Gasteiger partial charge in [0.05, 0.1) is 30.7 Å². The van der Waals surface area contributed by atoms with Gasteiger partial charge in [0, 0.05) is 22.5 Å². The number of esters is 1. The van der Waals surface area contributed by atoms with Gasteiger partial charge in [-0.05, 0) is 59.7 Å². The number of primary amides is 1. The van der Waals surface area contributed by atoms with Crippen LogP contribution >= 0.6 is 23.2 Å². The Morgan fingerprint density at radius 2 is 1.85 bits per heavy atom. The number of benzene rings is 3. The quantitative estimate of drug-likeness (QED) is 0.213. The average molecular weight is 675 g/mol. The van der Waals surface area contributed by atoms with Crippen LogP contribution in [0.4, 0.5) is 8.78 Å². The van der Waals surface area contributed by atoms with E-state index < -0.39 is 71.5 Å². The summed E-state index contributed by atoms with van der Waals surface area (Å²) in [6.45, 7) is 3.35. The molecule has 0 aromatic heterocycles. The van der Waals surface area contributed by atoms with Gasteiger partial charge in [0.15, 0.2) is 0 Å². The number of carbonyl (C=O) groups is 2. The van der Waals surface area contributed by atoms with E-state index in [4.69, 9.17) is 38.4 Å². The van der Waals surface area contributed by atoms with E-state index in [0.29, 0.717) is 12.2 Å². The molecule has 12 heteroatoms. The highest BCUT2D eigenvalue weighted by Gasteiger charge is 2.61.